The standard InChI is InChI=1S/C12H10Br2O/c13-7-8-15-11-6-5-9-3-1-2-4-10(9)12(11)14/h1-6H,7-8H2. The minimum absolute atomic E-state index is 0.678. The van der Waals surface area contributed by atoms with Crippen LogP contribution in [0.4, 0.5) is 0 Å². The zero-order valence-corrected chi connectivity index (χ0v) is 11.2. The fraction of sp³-hybridized carbons (Fsp3) is 0.167. The van der Waals surface area contributed by atoms with E-state index in [9.17, 15) is 0 Å². The largest absolute Gasteiger partial charge is 0.492 e. The molecule has 0 unspecified atom stereocenters. The molecule has 0 atom stereocenters. The lowest BCUT2D eigenvalue weighted by molar-refractivity contribution is 0.343. The summed E-state index contributed by atoms with van der Waals surface area (Å²) in [7, 11) is 0. The van der Waals surface area contributed by atoms with Crippen LogP contribution in [0.5, 0.6) is 5.75 Å². The first-order valence-corrected chi connectivity index (χ1v) is 6.60. The predicted molar refractivity (Wildman–Crippen MR) is 70.9 cm³/mol. The van der Waals surface area contributed by atoms with Gasteiger partial charge in [-0.3, -0.25) is 0 Å². The molecule has 0 radical (unpaired) electrons. The molecule has 0 bridgehead atoms. The number of halogens is 2. The first-order valence-electron chi connectivity index (χ1n) is 4.69. The van der Waals surface area contributed by atoms with Gasteiger partial charge in [0.05, 0.1) is 11.1 Å². The molecule has 0 amide bonds. The molecule has 2 rings (SSSR count). The van der Waals surface area contributed by atoms with Crippen molar-refractivity contribution in [2.45, 2.75) is 0 Å². The number of benzene rings is 2. The van der Waals surface area contributed by atoms with Gasteiger partial charge in [0.2, 0.25) is 0 Å². The molecule has 0 saturated heterocycles. The molecule has 0 aliphatic carbocycles. The highest BCUT2D eigenvalue weighted by Gasteiger charge is 2.04. The van der Waals surface area contributed by atoms with E-state index in [1.807, 2.05) is 18.2 Å². The van der Waals surface area contributed by atoms with E-state index in [4.69, 9.17) is 4.74 Å². The molecule has 0 N–H and O–H groups in total. The van der Waals surface area contributed by atoms with Crippen molar-refractivity contribution in [2.75, 3.05) is 11.9 Å². The maximum atomic E-state index is 5.60. The summed E-state index contributed by atoms with van der Waals surface area (Å²) in [5, 5.41) is 3.24. The van der Waals surface area contributed by atoms with Crippen molar-refractivity contribution < 1.29 is 4.74 Å². The van der Waals surface area contributed by atoms with Crippen molar-refractivity contribution in [2.24, 2.45) is 0 Å². The van der Waals surface area contributed by atoms with Gasteiger partial charge < -0.3 is 4.74 Å². The average Bonchev–Trinajstić information content (AvgIpc) is 2.29. The SMILES string of the molecule is BrCCOc1ccc2ccccc2c1Br. The molecule has 0 fully saturated rings. The van der Waals surface area contributed by atoms with Gasteiger partial charge in [0.15, 0.2) is 0 Å². The smallest absolute Gasteiger partial charge is 0.134 e. The Labute approximate surface area is 106 Å². The van der Waals surface area contributed by atoms with Crippen LogP contribution in [-0.4, -0.2) is 11.9 Å². The summed E-state index contributed by atoms with van der Waals surface area (Å²) in [4.78, 5) is 0. The number of hydrogen-bond donors (Lipinski definition) is 0. The Kier molecular flexibility index (Phi) is 3.65. The van der Waals surface area contributed by atoms with E-state index in [-0.39, 0.29) is 0 Å². The minimum Gasteiger partial charge on any atom is -0.492 e. The van der Waals surface area contributed by atoms with Crippen molar-refractivity contribution in [3.63, 3.8) is 0 Å². The molecule has 2 aromatic rings. The van der Waals surface area contributed by atoms with Crippen molar-refractivity contribution in [3.8, 4) is 5.75 Å². The van der Waals surface area contributed by atoms with Crippen LogP contribution < -0.4 is 4.74 Å². The number of fused-ring (bicyclic) bond motifs is 1. The summed E-state index contributed by atoms with van der Waals surface area (Å²) < 4.78 is 6.63. The van der Waals surface area contributed by atoms with Crippen LogP contribution in [0, 0.1) is 0 Å². The second kappa shape index (κ2) is 4.99. The van der Waals surface area contributed by atoms with Gasteiger partial charge in [-0.2, -0.15) is 0 Å². The van der Waals surface area contributed by atoms with Gasteiger partial charge in [-0.05, 0) is 32.8 Å². The van der Waals surface area contributed by atoms with E-state index in [1.165, 1.54) is 10.8 Å². The second-order valence-corrected chi connectivity index (χ2v) is 4.72. The third-order valence-corrected chi connectivity index (χ3v) is 3.30. The van der Waals surface area contributed by atoms with E-state index < -0.39 is 0 Å². The Morgan fingerprint density at radius 2 is 1.87 bits per heavy atom. The molecule has 0 heterocycles. The van der Waals surface area contributed by atoms with Crippen LogP contribution in [0.3, 0.4) is 0 Å². The molecular formula is C12H10Br2O. The van der Waals surface area contributed by atoms with Crippen molar-refractivity contribution >= 4 is 42.6 Å². The lowest BCUT2D eigenvalue weighted by Crippen LogP contribution is -1.98. The molecule has 78 valence electrons. The topological polar surface area (TPSA) is 9.23 Å². The number of ether oxygens (including phenoxy) is 1. The van der Waals surface area contributed by atoms with Crippen molar-refractivity contribution in [1.82, 2.24) is 0 Å². The molecule has 0 aromatic heterocycles. The first kappa shape index (κ1) is 11.0. The summed E-state index contributed by atoms with van der Waals surface area (Å²) in [5.74, 6) is 0.896. The van der Waals surface area contributed by atoms with Gasteiger partial charge in [-0.15, -0.1) is 0 Å². The highest BCUT2D eigenvalue weighted by Crippen LogP contribution is 2.32. The molecule has 0 spiro atoms. The van der Waals surface area contributed by atoms with Gasteiger partial charge in [-0.25, -0.2) is 0 Å². The predicted octanol–water partition coefficient (Wildman–Crippen LogP) is 4.38. The summed E-state index contributed by atoms with van der Waals surface area (Å²) in [6.45, 7) is 0.678. The van der Waals surface area contributed by atoms with Crippen LogP contribution in [0.1, 0.15) is 0 Å². The summed E-state index contributed by atoms with van der Waals surface area (Å²) >= 11 is 6.91. The van der Waals surface area contributed by atoms with Gasteiger partial charge >= 0.3 is 0 Å². The normalized spacial score (nSPS) is 10.5. The lowest BCUT2D eigenvalue weighted by atomic mass is 10.1. The third kappa shape index (κ3) is 2.34. The summed E-state index contributed by atoms with van der Waals surface area (Å²) in [6.07, 6.45) is 0. The summed E-state index contributed by atoms with van der Waals surface area (Å²) in [5.41, 5.74) is 0. The summed E-state index contributed by atoms with van der Waals surface area (Å²) in [6, 6.07) is 12.3. The number of hydrogen-bond acceptors (Lipinski definition) is 1. The Morgan fingerprint density at radius 1 is 1.07 bits per heavy atom. The van der Waals surface area contributed by atoms with Gasteiger partial charge in [0.25, 0.3) is 0 Å². The fourth-order valence-electron chi connectivity index (χ4n) is 1.47. The van der Waals surface area contributed by atoms with Crippen LogP contribution in [0.15, 0.2) is 40.9 Å². The quantitative estimate of drug-likeness (QED) is 0.759. The zero-order valence-electron chi connectivity index (χ0n) is 8.04. The maximum Gasteiger partial charge on any atom is 0.134 e. The van der Waals surface area contributed by atoms with E-state index in [0.29, 0.717) is 6.61 Å². The zero-order chi connectivity index (χ0) is 10.7. The van der Waals surface area contributed by atoms with Crippen molar-refractivity contribution in [1.29, 1.82) is 0 Å². The maximum absolute atomic E-state index is 5.60. The minimum atomic E-state index is 0.678. The Balaban J connectivity index is 2.45. The Morgan fingerprint density at radius 3 is 2.67 bits per heavy atom. The fourth-order valence-corrected chi connectivity index (χ4v) is 2.24. The van der Waals surface area contributed by atoms with Crippen LogP contribution in [0.25, 0.3) is 10.8 Å². The molecule has 0 aliphatic rings. The van der Waals surface area contributed by atoms with Gasteiger partial charge in [0.1, 0.15) is 5.75 Å². The van der Waals surface area contributed by atoms with E-state index >= 15 is 0 Å². The number of alkyl halides is 1. The Hall–Kier alpha value is -0.540. The van der Waals surface area contributed by atoms with Crippen LogP contribution in [0.2, 0.25) is 0 Å². The monoisotopic (exact) mass is 328 g/mol. The molecule has 0 aliphatic heterocycles. The van der Waals surface area contributed by atoms with E-state index in [1.54, 1.807) is 0 Å². The molecule has 0 saturated carbocycles. The van der Waals surface area contributed by atoms with Crippen LogP contribution >= 0.6 is 31.9 Å². The molecule has 2 aromatic carbocycles. The van der Waals surface area contributed by atoms with Gasteiger partial charge in [0, 0.05) is 5.33 Å². The third-order valence-electron chi connectivity index (χ3n) is 2.16. The molecule has 15 heavy (non-hydrogen) atoms. The molecule has 3 heteroatoms. The van der Waals surface area contributed by atoms with E-state index in [2.05, 4.69) is 50.1 Å². The highest BCUT2D eigenvalue weighted by molar-refractivity contribution is 9.10. The molecule has 1 nitrogen and oxygen atoms in total. The first-order chi connectivity index (χ1) is 7.33. The van der Waals surface area contributed by atoms with Crippen molar-refractivity contribution in [3.05, 3.63) is 40.9 Å². The van der Waals surface area contributed by atoms with Crippen LogP contribution in [-0.2, 0) is 0 Å². The second-order valence-electron chi connectivity index (χ2n) is 3.14. The lowest BCUT2D eigenvalue weighted by Gasteiger charge is -2.08. The van der Waals surface area contributed by atoms with Gasteiger partial charge in [-0.1, -0.05) is 46.3 Å². The molecular weight excluding hydrogens is 320 g/mol. The number of rotatable bonds is 3. The van der Waals surface area contributed by atoms with E-state index in [0.717, 1.165) is 15.6 Å². The Bertz CT molecular complexity index is 468. The highest BCUT2D eigenvalue weighted by atomic mass is 79.9. The average molecular weight is 330 g/mol.